The third-order valence-electron chi connectivity index (χ3n) is 18.5. The molecule has 2 heterocycles. The average Bonchev–Trinajstić information content (AvgIpc) is 1.54. The molecule has 39 N–H and O–H groups in total. The number of rotatable bonds is 53. The zero-order chi connectivity index (χ0) is 86.8. The number of nitrogens with one attached hydrogen (secondary N) is 24. The number of hydrogen-bond donors (Lipinski definition) is 32. The summed E-state index contributed by atoms with van der Waals surface area (Å²) in [5.74, 6) is -11.7. The lowest BCUT2D eigenvalue weighted by Crippen LogP contribution is -2.61. The topological polar surface area (TPSA) is 757 Å². The largest absolute Gasteiger partial charge is 0.508 e. The van der Waals surface area contributed by atoms with Gasteiger partial charge in [-0.2, -0.15) is 11.8 Å². The van der Waals surface area contributed by atoms with Crippen LogP contribution in [-0.4, -0.2) is 228 Å². The molecule has 0 saturated carbocycles. The molecule has 0 spiro atoms. The van der Waals surface area contributed by atoms with Gasteiger partial charge < -0.3 is 140 Å². The number of aromatic nitrogens is 2. The second-order valence-corrected chi connectivity index (χ2v) is 28.9. The number of benzene rings is 3. The maximum Gasteiger partial charge on any atom is 0.243 e. The lowest BCUT2D eigenvalue weighted by atomic mass is 10.0. The zero-order valence-corrected chi connectivity index (χ0v) is 66.8. The Morgan fingerprint density at radius 3 is 0.890 bits per heavy atom. The number of carbonyl (C=O) groups is 11. The highest BCUT2D eigenvalue weighted by molar-refractivity contribution is 7.98. The summed E-state index contributed by atoms with van der Waals surface area (Å²) in [6.45, 7) is 1.69. The molecule has 644 valence electrons. The molecule has 2 aromatic heterocycles. The van der Waals surface area contributed by atoms with E-state index in [9.17, 15) is 33.9 Å². The SMILES string of the molecule is CSCC[C@@H](NC(=O)[C@@H](CCCNC(=N)N)NC(=O)[C@@H](Cc1c[nH]c2ccccc12)NC(=O)[C@@H](CCCNC(=N)N)NC(=O)[C@@H](CCCNC(=N)N)NC(C)=O)C(=O)N[C@H](Cc1ccc(O)cc1)C(=O)N[C@H](Cc1c[nH]c2ccccc12)C(=O)N[C@H](CCCNC(=N)N)C(=O)N[C@H](CCCNC(=N)N)C(=O)N[C@H](CCCNC(=N)N)C(N)=O. The lowest BCUT2D eigenvalue weighted by molar-refractivity contribution is -0.136. The summed E-state index contributed by atoms with van der Waals surface area (Å²) >= 11 is 1.30. The molecule has 10 atom stereocenters. The van der Waals surface area contributed by atoms with Crippen molar-refractivity contribution >= 4 is 134 Å². The predicted molar refractivity (Wildman–Crippen MR) is 448 cm³/mol. The molecule has 0 radical (unpaired) electrons. The minimum absolute atomic E-state index is 0.00322. The number of H-pyrrole nitrogens is 2. The first-order valence-corrected chi connectivity index (χ1v) is 39.7. The number of aromatic amines is 2. The Hall–Kier alpha value is -13.3. The summed E-state index contributed by atoms with van der Waals surface area (Å²) in [6, 6.07) is 5.32. The van der Waals surface area contributed by atoms with Crippen LogP contribution in [0.5, 0.6) is 5.75 Å². The van der Waals surface area contributed by atoms with Gasteiger partial charge in [-0.1, -0.05) is 48.5 Å². The van der Waals surface area contributed by atoms with Gasteiger partial charge in [0.1, 0.15) is 66.2 Å². The standard InChI is InChI=1S/C74H115N31O12S/c1-40(106)96-50(18-8-29-89-70(78)79)60(109)98-54(22-12-33-93-74(86)87)64(113)104-57(36-42-38-94-47-15-5-3-13-45(42)47)67(116)101-53(21-11-32-92-73(84)85)63(112)102-55(27-34-118-2)65(114)103-56(35-41-23-25-44(107)26-24-41)66(115)105-58(37-43-39-95-48-16-6-4-14-46(43)48)68(117)100-52(20-10-31-91-72(82)83)62(111)99-51(19-9-30-90-71(80)81)61(110)97-49(59(75)108)17-7-28-88-69(76)77/h3-6,13-16,23-26,38-39,49-58,94-95,107H,7-12,17-22,27-37H2,1-2H3,(H2,75,108)(H,96,106)(H,97,110)(H,98,109)(H,99,111)(H,100,117)(H,101,116)(H,102,112)(H,103,114)(H,104,113)(H,105,115)(H4,76,77,88)(H4,78,79,89)(H4,80,81,90)(H4,82,83,91)(H4,84,85,92)(H4,86,87,93)/t49-,50-,51-,52-,53-,54-,55-,56-,57-,58-/m1/s1. The van der Waals surface area contributed by atoms with Crippen LogP contribution >= 0.6 is 11.8 Å². The molecular formula is C74H115N31O12S. The van der Waals surface area contributed by atoms with Gasteiger partial charge in [0.15, 0.2) is 35.8 Å². The van der Waals surface area contributed by atoms with Gasteiger partial charge in [0, 0.05) is 99.7 Å². The maximum atomic E-state index is 15.4. The van der Waals surface area contributed by atoms with Crippen molar-refractivity contribution in [2.45, 2.75) is 170 Å². The Morgan fingerprint density at radius 2 is 0.602 bits per heavy atom. The monoisotopic (exact) mass is 1660 g/mol. The Morgan fingerprint density at radius 1 is 0.347 bits per heavy atom. The van der Waals surface area contributed by atoms with E-state index in [1.54, 1.807) is 67.2 Å². The number of para-hydroxylation sites is 2. The normalized spacial score (nSPS) is 13.5. The van der Waals surface area contributed by atoms with Gasteiger partial charge in [-0.3, -0.25) is 85.2 Å². The van der Waals surface area contributed by atoms with E-state index in [1.807, 2.05) is 0 Å². The summed E-state index contributed by atoms with van der Waals surface area (Å²) in [5, 5.41) is 101. The number of aromatic hydroxyl groups is 1. The molecule has 118 heavy (non-hydrogen) atoms. The fraction of sp³-hybridized carbons (Fsp3) is 0.473. The number of fused-ring (bicyclic) bond motifs is 2. The summed E-state index contributed by atoms with van der Waals surface area (Å²) in [7, 11) is 0. The van der Waals surface area contributed by atoms with Gasteiger partial charge in [-0.05, 0) is 136 Å². The van der Waals surface area contributed by atoms with Crippen molar-refractivity contribution in [2.75, 3.05) is 51.3 Å². The predicted octanol–water partition coefficient (Wildman–Crippen LogP) is -4.93. The van der Waals surface area contributed by atoms with Crippen molar-refractivity contribution in [3.05, 3.63) is 102 Å². The number of phenols is 1. The van der Waals surface area contributed by atoms with Crippen LogP contribution in [0.1, 0.15) is 107 Å². The van der Waals surface area contributed by atoms with Crippen LogP contribution in [0.25, 0.3) is 21.8 Å². The van der Waals surface area contributed by atoms with Crippen molar-refractivity contribution in [3.63, 3.8) is 0 Å². The summed E-state index contributed by atoms with van der Waals surface area (Å²) < 4.78 is 0. The number of amides is 11. The molecule has 0 aliphatic heterocycles. The Bertz CT molecular complexity index is 4270. The molecule has 5 rings (SSSR count). The number of carbonyl (C=O) groups excluding carboxylic acids is 11. The number of primary amides is 1. The van der Waals surface area contributed by atoms with E-state index in [0.29, 0.717) is 38.5 Å². The third kappa shape index (κ3) is 34.8. The van der Waals surface area contributed by atoms with Gasteiger partial charge in [-0.15, -0.1) is 0 Å². The van der Waals surface area contributed by atoms with E-state index < -0.39 is 137 Å². The van der Waals surface area contributed by atoms with Crippen molar-refractivity contribution in [1.82, 2.24) is 95.0 Å². The first kappa shape index (κ1) is 95.3. The van der Waals surface area contributed by atoms with Crippen LogP contribution in [0, 0.1) is 32.5 Å². The number of hydrogen-bond acceptors (Lipinski definition) is 19. The second kappa shape index (κ2) is 50.1. The first-order valence-electron chi connectivity index (χ1n) is 38.4. The van der Waals surface area contributed by atoms with E-state index in [4.69, 9.17) is 72.6 Å². The highest BCUT2D eigenvalue weighted by atomic mass is 32.2. The fourth-order valence-corrected chi connectivity index (χ4v) is 13.0. The van der Waals surface area contributed by atoms with Gasteiger partial charge >= 0.3 is 0 Å². The van der Waals surface area contributed by atoms with Crippen molar-refractivity contribution in [3.8, 4) is 5.75 Å². The molecular weight excluding hydrogens is 1550 g/mol. The van der Waals surface area contributed by atoms with Crippen LogP contribution in [0.4, 0.5) is 0 Å². The van der Waals surface area contributed by atoms with Crippen molar-refractivity contribution in [2.24, 2.45) is 40.1 Å². The van der Waals surface area contributed by atoms with Crippen LogP contribution in [-0.2, 0) is 72.0 Å². The van der Waals surface area contributed by atoms with E-state index in [1.165, 1.54) is 43.0 Å². The molecule has 0 bridgehead atoms. The summed E-state index contributed by atoms with van der Waals surface area (Å²) in [5.41, 5.74) is 41.7. The van der Waals surface area contributed by atoms with Crippen LogP contribution in [0.2, 0.25) is 0 Å². The van der Waals surface area contributed by atoms with Crippen molar-refractivity contribution in [1.29, 1.82) is 32.5 Å². The molecule has 5 aromatic rings. The van der Waals surface area contributed by atoms with Crippen LogP contribution in [0.15, 0.2) is 85.2 Å². The Labute approximate surface area is 685 Å². The smallest absolute Gasteiger partial charge is 0.243 e. The molecule has 3 aromatic carbocycles. The van der Waals surface area contributed by atoms with E-state index in [0.717, 1.165) is 0 Å². The minimum Gasteiger partial charge on any atom is -0.508 e. The van der Waals surface area contributed by atoms with Gasteiger partial charge in [0.05, 0.1) is 0 Å². The van der Waals surface area contributed by atoms with Gasteiger partial charge in [-0.25, -0.2) is 0 Å². The molecule has 0 aliphatic rings. The number of thioether (sulfide) groups is 1. The molecule has 0 saturated heterocycles. The average molecular weight is 1660 g/mol. The summed E-state index contributed by atoms with van der Waals surface area (Å²) in [6.07, 6.45) is 4.44. The fourth-order valence-electron chi connectivity index (χ4n) is 12.5. The molecule has 0 aliphatic carbocycles. The number of guanidine groups is 6. The quantitative estimate of drug-likeness (QED) is 0.00985. The highest BCUT2D eigenvalue weighted by Gasteiger charge is 2.37. The summed E-state index contributed by atoms with van der Waals surface area (Å²) in [4.78, 5) is 166. The van der Waals surface area contributed by atoms with Crippen LogP contribution < -0.4 is 125 Å². The van der Waals surface area contributed by atoms with Gasteiger partial charge in [0.2, 0.25) is 65.0 Å². The second-order valence-electron chi connectivity index (χ2n) is 27.9. The van der Waals surface area contributed by atoms with E-state index >= 15 is 24.0 Å². The maximum absolute atomic E-state index is 15.4. The molecule has 0 unspecified atom stereocenters. The minimum atomic E-state index is -1.61. The first-order chi connectivity index (χ1) is 56.2. The molecule has 44 heteroatoms. The van der Waals surface area contributed by atoms with Crippen molar-refractivity contribution < 1.29 is 57.8 Å². The third-order valence-corrected chi connectivity index (χ3v) is 19.2. The highest BCUT2D eigenvalue weighted by Crippen LogP contribution is 2.23. The number of phenolic OH excluding ortho intramolecular Hbond substituents is 1. The van der Waals surface area contributed by atoms with E-state index in [2.05, 4.69) is 95.0 Å². The molecule has 11 amide bonds. The van der Waals surface area contributed by atoms with E-state index in [-0.39, 0.29) is 177 Å². The zero-order valence-electron chi connectivity index (χ0n) is 66.0. The Kier molecular flexibility index (Phi) is 40.5. The molecule has 0 fully saturated rings. The number of nitrogens with two attached hydrogens (primary N) is 7. The molecule has 43 nitrogen and oxygen atoms in total. The lowest BCUT2D eigenvalue weighted by Gasteiger charge is -2.29. The Balaban J connectivity index is 1.54. The van der Waals surface area contributed by atoms with Gasteiger partial charge in [0.25, 0.3) is 0 Å². The van der Waals surface area contributed by atoms with Crippen LogP contribution in [0.3, 0.4) is 0 Å².